The van der Waals surface area contributed by atoms with E-state index in [0.29, 0.717) is 0 Å². The van der Waals surface area contributed by atoms with Gasteiger partial charge in [0.25, 0.3) is 0 Å². The summed E-state index contributed by atoms with van der Waals surface area (Å²) in [6, 6.07) is 18.7. The minimum absolute atomic E-state index is 0.0251. The van der Waals surface area contributed by atoms with Gasteiger partial charge in [0.15, 0.2) is 0 Å². The molecule has 0 bridgehead atoms. The van der Waals surface area contributed by atoms with Crippen molar-refractivity contribution in [1.82, 2.24) is 0 Å². The molecular weight excluding hydrogens is 310 g/mol. The molecule has 0 spiro atoms. The molecule has 0 saturated heterocycles. The molecule has 1 N–H and O–H groups in total. The highest BCUT2D eigenvalue weighted by Crippen LogP contribution is 2.32. The van der Waals surface area contributed by atoms with Gasteiger partial charge in [0.2, 0.25) is 0 Å². The van der Waals surface area contributed by atoms with Crippen molar-refractivity contribution in [2.24, 2.45) is 5.92 Å². The number of hydrogen-bond donors (Lipinski definition) is 1. The van der Waals surface area contributed by atoms with Crippen molar-refractivity contribution in [2.45, 2.75) is 26.1 Å². The van der Waals surface area contributed by atoms with Crippen LogP contribution >= 0.6 is 0 Å². The first-order chi connectivity index (χ1) is 11.2. The largest absolute Gasteiger partial charge is 0.388 e. The van der Waals surface area contributed by atoms with Gasteiger partial charge in [-0.25, -0.2) is 0 Å². The van der Waals surface area contributed by atoms with Crippen molar-refractivity contribution in [2.75, 3.05) is 19.0 Å². The lowest BCUT2D eigenvalue weighted by Gasteiger charge is -2.32. The fourth-order valence-corrected chi connectivity index (χ4v) is 5.75. The summed E-state index contributed by atoms with van der Waals surface area (Å²) in [7, 11) is 2.20. The van der Waals surface area contributed by atoms with Crippen LogP contribution in [0.4, 0.5) is 5.69 Å². The van der Waals surface area contributed by atoms with Crippen molar-refractivity contribution in [3.05, 3.63) is 71.9 Å². The Morgan fingerprint density at radius 1 is 1.00 bits per heavy atom. The number of benzene rings is 2. The average molecular weight is 340 g/mol. The Hall–Kier alpha value is -1.84. The Kier molecular flexibility index (Phi) is 5.68. The fourth-order valence-electron chi connectivity index (χ4n) is 3.06. The average Bonchev–Trinajstić information content (AvgIpc) is 2.60. The molecule has 2 atom stereocenters. The summed E-state index contributed by atoms with van der Waals surface area (Å²) >= 11 is 0. The monoisotopic (exact) mass is 339 g/mol. The first-order valence-corrected chi connectivity index (χ1v) is 11.4. The van der Waals surface area contributed by atoms with E-state index in [9.17, 15) is 5.11 Å². The molecule has 0 saturated carbocycles. The topological polar surface area (TPSA) is 23.5 Å². The second-order valence-corrected chi connectivity index (χ2v) is 11.7. The Morgan fingerprint density at radius 2 is 1.54 bits per heavy atom. The fraction of sp³-hybridized carbons (Fsp3) is 0.333. The number of hydrogen-bond acceptors (Lipinski definition) is 2. The second kappa shape index (κ2) is 7.37. The van der Waals surface area contributed by atoms with E-state index in [-0.39, 0.29) is 5.92 Å². The van der Waals surface area contributed by atoms with Gasteiger partial charge in [-0.05, 0) is 17.7 Å². The molecule has 2 aromatic carbocycles. The van der Waals surface area contributed by atoms with E-state index in [4.69, 9.17) is 0 Å². The molecule has 2 aromatic rings. The van der Waals surface area contributed by atoms with E-state index in [1.165, 1.54) is 10.4 Å². The van der Waals surface area contributed by atoms with Crippen LogP contribution in [0, 0.1) is 5.92 Å². The summed E-state index contributed by atoms with van der Waals surface area (Å²) in [4.78, 5) is 2.06. The highest BCUT2D eigenvalue weighted by atomic mass is 28.3. The molecule has 0 aliphatic heterocycles. The normalized spacial score (nSPS) is 14.1. The van der Waals surface area contributed by atoms with E-state index < -0.39 is 14.2 Å². The van der Waals surface area contributed by atoms with Crippen molar-refractivity contribution in [3.63, 3.8) is 0 Å². The number of nitrogens with zero attached hydrogens (tertiary/aromatic N) is 1. The number of anilines is 1. The smallest absolute Gasteiger partial charge is 0.107 e. The molecule has 0 aromatic heterocycles. The molecule has 0 aliphatic rings. The van der Waals surface area contributed by atoms with Gasteiger partial charge in [-0.2, -0.15) is 0 Å². The van der Waals surface area contributed by atoms with Crippen molar-refractivity contribution in [1.29, 1.82) is 0 Å². The summed E-state index contributed by atoms with van der Waals surface area (Å²) in [5, 5.41) is 13.4. The highest BCUT2D eigenvalue weighted by molar-refractivity contribution is 6.95. The van der Waals surface area contributed by atoms with Gasteiger partial charge in [-0.15, -0.1) is 6.58 Å². The van der Waals surface area contributed by atoms with Gasteiger partial charge in [0, 0.05) is 25.7 Å². The number of aliphatic hydroxyl groups excluding tert-OH is 1. The zero-order valence-electron chi connectivity index (χ0n) is 15.5. The van der Waals surface area contributed by atoms with Crippen LogP contribution in [0.25, 0.3) is 0 Å². The van der Waals surface area contributed by atoms with Crippen LogP contribution in [0.5, 0.6) is 0 Å². The lowest BCUT2D eigenvalue weighted by Crippen LogP contribution is -2.46. The molecule has 0 heterocycles. The Balaban J connectivity index is 2.20. The van der Waals surface area contributed by atoms with Crippen molar-refractivity contribution in [3.8, 4) is 0 Å². The third-order valence-electron chi connectivity index (χ3n) is 5.07. The molecular formula is C21H29NOSi. The first-order valence-electron chi connectivity index (χ1n) is 8.45. The second-order valence-electron chi connectivity index (χ2n) is 7.24. The van der Waals surface area contributed by atoms with Crippen LogP contribution in [0.2, 0.25) is 13.1 Å². The lowest BCUT2D eigenvalue weighted by atomic mass is 9.97. The Morgan fingerprint density at radius 3 is 2.04 bits per heavy atom. The summed E-state index contributed by atoms with van der Waals surface area (Å²) in [5.74, 6) is 0.0251. The zero-order chi connectivity index (χ0) is 17.9. The highest BCUT2D eigenvalue weighted by Gasteiger charge is 2.33. The van der Waals surface area contributed by atoms with E-state index in [1.807, 2.05) is 44.4 Å². The maximum absolute atomic E-state index is 10.8. The number of rotatable bonds is 6. The predicted octanol–water partition coefficient (Wildman–Crippen LogP) is 4.13. The van der Waals surface area contributed by atoms with E-state index in [1.54, 1.807) is 0 Å². The van der Waals surface area contributed by atoms with Gasteiger partial charge < -0.3 is 10.0 Å². The van der Waals surface area contributed by atoms with Gasteiger partial charge >= 0.3 is 0 Å². The molecule has 24 heavy (non-hydrogen) atoms. The number of aliphatic hydroxyl groups is 1. The van der Waals surface area contributed by atoms with Gasteiger partial charge in [-0.3, -0.25) is 0 Å². The zero-order valence-corrected chi connectivity index (χ0v) is 16.5. The third-order valence-corrected chi connectivity index (χ3v) is 8.91. The third kappa shape index (κ3) is 3.79. The predicted molar refractivity (Wildman–Crippen MR) is 108 cm³/mol. The molecule has 128 valence electrons. The van der Waals surface area contributed by atoms with Gasteiger partial charge in [0.05, 0.1) is 6.10 Å². The van der Waals surface area contributed by atoms with Crippen molar-refractivity contribution < 1.29 is 5.11 Å². The summed E-state index contributed by atoms with van der Waals surface area (Å²) < 4.78 is 0. The maximum atomic E-state index is 10.8. The molecule has 0 amide bonds. The Labute approximate surface area is 147 Å². The van der Waals surface area contributed by atoms with E-state index >= 15 is 0 Å². The van der Waals surface area contributed by atoms with Crippen LogP contribution < -0.4 is 10.1 Å². The molecule has 0 radical (unpaired) electrons. The summed E-state index contributed by atoms with van der Waals surface area (Å²) in [6.07, 6.45) is -0.524. The maximum Gasteiger partial charge on any atom is 0.107 e. The molecule has 3 heteroatoms. The minimum atomic E-state index is -1.83. The molecule has 2 nitrogen and oxygen atoms in total. The summed E-state index contributed by atoms with van der Waals surface area (Å²) in [6.45, 7) is 11.1. The van der Waals surface area contributed by atoms with E-state index in [2.05, 4.69) is 55.8 Å². The molecule has 0 fully saturated rings. The van der Waals surface area contributed by atoms with Crippen LogP contribution in [-0.2, 0) is 0 Å². The molecule has 0 aliphatic carbocycles. The van der Waals surface area contributed by atoms with Crippen LogP contribution in [0.1, 0.15) is 18.6 Å². The lowest BCUT2D eigenvalue weighted by molar-refractivity contribution is 0.137. The standard InChI is InChI=1S/C21H29NOSi/c1-16(17(2)24(5,6)20-10-8-7-9-11-20)21(23)18-12-14-19(15-13-18)22(3)4/h7-16,21,23H,2H2,1,3-6H3/t16-,21+/m0/s1. The minimum Gasteiger partial charge on any atom is -0.388 e. The van der Waals surface area contributed by atoms with E-state index in [0.717, 1.165) is 11.3 Å². The van der Waals surface area contributed by atoms with Crippen LogP contribution in [0.15, 0.2) is 66.4 Å². The van der Waals surface area contributed by atoms with Crippen molar-refractivity contribution >= 4 is 18.9 Å². The van der Waals surface area contributed by atoms with Crippen LogP contribution in [-0.4, -0.2) is 27.3 Å². The summed E-state index contributed by atoms with van der Waals surface area (Å²) in [5.41, 5.74) is 2.09. The van der Waals surface area contributed by atoms with Crippen LogP contribution in [0.3, 0.4) is 0 Å². The Bertz CT molecular complexity index is 677. The quantitative estimate of drug-likeness (QED) is 0.800. The van der Waals surface area contributed by atoms with Gasteiger partial charge in [0.1, 0.15) is 8.07 Å². The SMILES string of the molecule is C=C([C@H](C)[C@@H](O)c1ccc(N(C)C)cc1)[Si](C)(C)c1ccccc1. The molecule has 0 unspecified atom stereocenters. The van der Waals surface area contributed by atoms with Gasteiger partial charge in [-0.1, -0.05) is 72.9 Å². The first kappa shape index (κ1) is 18.5. The molecule has 2 rings (SSSR count).